The molecule has 1 aliphatic rings. The lowest BCUT2D eigenvalue weighted by molar-refractivity contribution is 0.0243. The molecular formula is C14H19BrO3. The van der Waals surface area contributed by atoms with Crippen LogP contribution in [0.4, 0.5) is 0 Å². The molecule has 0 aliphatic carbocycles. The van der Waals surface area contributed by atoms with Crippen LogP contribution in [-0.2, 0) is 10.1 Å². The fraction of sp³-hybridized carbons (Fsp3) is 0.571. The molecule has 0 radical (unpaired) electrons. The Bertz CT molecular complexity index is 375. The van der Waals surface area contributed by atoms with Crippen molar-refractivity contribution in [3.8, 4) is 11.5 Å². The van der Waals surface area contributed by atoms with Gasteiger partial charge in [-0.3, -0.25) is 0 Å². The third-order valence-electron chi connectivity index (χ3n) is 2.92. The topological polar surface area (TPSA) is 27.7 Å². The quantitative estimate of drug-likeness (QED) is 0.778. The molecule has 0 amide bonds. The lowest BCUT2D eigenvalue weighted by Gasteiger charge is -2.24. The summed E-state index contributed by atoms with van der Waals surface area (Å²) in [4.78, 5) is 0. The molecule has 1 heterocycles. The molecule has 0 N–H and O–H groups in total. The van der Waals surface area contributed by atoms with Gasteiger partial charge in [0.05, 0.1) is 19.8 Å². The van der Waals surface area contributed by atoms with Crippen molar-refractivity contribution in [2.24, 2.45) is 0 Å². The molecule has 1 aromatic rings. The molecule has 1 fully saturated rings. The molecule has 0 atom stereocenters. The first-order chi connectivity index (χ1) is 8.83. The first kappa shape index (κ1) is 13.7. The summed E-state index contributed by atoms with van der Waals surface area (Å²) in [6.45, 7) is 4.21. The SMILES string of the molecule is CCOc1cc(CBr)ccc1OC1CCOCC1. The average molecular weight is 315 g/mol. The smallest absolute Gasteiger partial charge is 0.161 e. The molecule has 0 aromatic heterocycles. The summed E-state index contributed by atoms with van der Waals surface area (Å²) in [5.41, 5.74) is 1.19. The Morgan fingerprint density at radius 2 is 2.06 bits per heavy atom. The van der Waals surface area contributed by atoms with Gasteiger partial charge in [-0.1, -0.05) is 22.0 Å². The van der Waals surface area contributed by atoms with Gasteiger partial charge in [0.1, 0.15) is 6.10 Å². The normalized spacial score (nSPS) is 16.6. The molecule has 100 valence electrons. The fourth-order valence-corrected chi connectivity index (χ4v) is 2.32. The molecule has 0 saturated carbocycles. The van der Waals surface area contributed by atoms with E-state index >= 15 is 0 Å². The van der Waals surface area contributed by atoms with E-state index in [-0.39, 0.29) is 6.10 Å². The van der Waals surface area contributed by atoms with Gasteiger partial charge in [0.2, 0.25) is 0 Å². The summed E-state index contributed by atoms with van der Waals surface area (Å²) >= 11 is 3.45. The largest absolute Gasteiger partial charge is 0.490 e. The average Bonchev–Trinajstić information content (AvgIpc) is 2.42. The molecule has 1 aromatic carbocycles. The highest BCUT2D eigenvalue weighted by atomic mass is 79.9. The van der Waals surface area contributed by atoms with Crippen molar-refractivity contribution in [1.82, 2.24) is 0 Å². The van der Waals surface area contributed by atoms with Crippen LogP contribution in [0.15, 0.2) is 18.2 Å². The van der Waals surface area contributed by atoms with Crippen LogP contribution >= 0.6 is 15.9 Å². The lowest BCUT2D eigenvalue weighted by Crippen LogP contribution is -2.26. The van der Waals surface area contributed by atoms with Crippen molar-refractivity contribution < 1.29 is 14.2 Å². The maximum Gasteiger partial charge on any atom is 0.161 e. The van der Waals surface area contributed by atoms with Crippen molar-refractivity contribution in [3.05, 3.63) is 23.8 Å². The number of benzene rings is 1. The molecule has 18 heavy (non-hydrogen) atoms. The van der Waals surface area contributed by atoms with Crippen molar-refractivity contribution in [3.63, 3.8) is 0 Å². The summed E-state index contributed by atoms with van der Waals surface area (Å²) in [5, 5.41) is 0.824. The Morgan fingerprint density at radius 3 is 2.72 bits per heavy atom. The van der Waals surface area contributed by atoms with E-state index < -0.39 is 0 Å². The minimum Gasteiger partial charge on any atom is -0.490 e. The van der Waals surface area contributed by atoms with Crippen LogP contribution in [-0.4, -0.2) is 25.9 Å². The second kappa shape index (κ2) is 7.00. The molecule has 1 saturated heterocycles. The zero-order valence-electron chi connectivity index (χ0n) is 10.7. The van der Waals surface area contributed by atoms with Crippen molar-refractivity contribution in [1.29, 1.82) is 0 Å². The molecule has 0 unspecified atom stereocenters. The Morgan fingerprint density at radius 1 is 1.28 bits per heavy atom. The minimum absolute atomic E-state index is 0.243. The Balaban J connectivity index is 2.09. The van der Waals surface area contributed by atoms with E-state index in [4.69, 9.17) is 14.2 Å². The highest BCUT2D eigenvalue weighted by Gasteiger charge is 2.17. The van der Waals surface area contributed by atoms with Crippen LogP contribution in [0.1, 0.15) is 25.3 Å². The van der Waals surface area contributed by atoms with Crippen molar-refractivity contribution in [2.75, 3.05) is 19.8 Å². The Labute approximate surface area is 117 Å². The highest BCUT2D eigenvalue weighted by molar-refractivity contribution is 9.08. The zero-order valence-corrected chi connectivity index (χ0v) is 12.2. The highest BCUT2D eigenvalue weighted by Crippen LogP contribution is 2.31. The molecule has 4 heteroatoms. The molecule has 0 bridgehead atoms. The maximum atomic E-state index is 6.02. The van der Waals surface area contributed by atoms with Gasteiger partial charge in [0.25, 0.3) is 0 Å². The monoisotopic (exact) mass is 314 g/mol. The number of rotatable bonds is 5. The van der Waals surface area contributed by atoms with E-state index in [1.165, 1.54) is 5.56 Å². The summed E-state index contributed by atoms with van der Waals surface area (Å²) in [7, 11) is 0. The third-order valence-corrected chi connectivity index (χ3v) is 3.57. The number of hydrogen-bond donors (Lipinski definition) is 0. The molecule has 1 aliphatic heterocycles. The second-order valence-corrected chi connectivity index (χ2v) is 4.84. The maximum absolute atomic E-state index is 6.02. The zero-order chi connectivity index (χ0) is 12.8. The van der Waals surface area contributed by atoms with Gasteiger partial charge >= 0.3 is 0 Å². The van der Waals surface area contributed by atoms with Crippen LogP contribution in [0, 0.1) is 0 Å². The molecule has 2 rings (SSSR count). The first-order valence-electron chi connectivity index (χ1n) is 6.39. The van der Waals surface area contributed by atoms with Gasteiger partial charge in [-0.05, 0) is 24.6 Å². The van der Waals surface area contributed by atoms with Crippen molar-refractivity contribution >= 4 is 15.9 Å². The third kappa shape index (κ3) is 3.62. The predicted molar refractivity (Wildman–Crippen MR) is 74.7 cm³/mol. The van der Waals surface area contributed by atoms with Crippen LogP contribution in [0.25, 0.3) is 0 Å². The minimum atomic E-state index is 0.243. The van der Waals surface area contributed by atoms with E-state index in [2.05, 4.69) is 22.0 Å². The van der Waals surface area contributed by atoms with Gasteiger partial charge in [-0.2, -0.15) is 0 Å². The summed E-state index contributed by atoms with van der Waals surface area (Å²) in [6, 6.07) is 6.09. The predicted octanol–water partition coefficient (Wildman–Crippen LogP) is 3.54. The van der Waals surface area contributed by atoms with Gasteiger partial charge < -0.3 is 14.2 Å². The number of halogens is 1. The molecule has 3 nitrogen and oxygen atoms in total. The first-order valence-corrected chi connectivity index (χ1v) is 7.51. The van der Waals surface area contributed by atoms with E-state index in [0.29, 0.717) is 6.61 Å². The Hall–Kier alpha value is -0.740. The van der Waals surface area contributed by atoms with E-state index in [1.54, 1.807) is 0 Å². The van der Waals surface area contributed by atoms with Gasteiger partial charge in [0, 0.05) is 18.2 Å². The van der Waals surface area contributed by atoms with E-state index in [9.17, 15) is 0 Å². The van der Waals surface area contributed by atoms with Gasteiger partial charge in [0.15, 0.2) is 11.5 Å². The van der Waals surface area contributed by atoms with Gasteiger partial charge in [-0.15, -0.1) is 0 Å². The second-order valence-electron chi connectivity index (χ2n) is 4.28. The van der Waals surface area contributed by atoms with Crippen LogP contribution in [0.3, 0.4) is 0 Å². The number of alkyl halides is 1. The fourth-order valence-electron chi connectivity index (χ4n) is 1.97. The molecule has 0 spiro atoms. The summed E-state index contributed by atoms with van der Waals surface area (Å²) < 4.78 is 17.0. The summed E-state index contributed by atoms with van der Waals surface area (Å²) in [6.07, 6.45) is 2.14. The van der Waals surface area contributed by atoms with Crippen LogP contribution in [0.5, 0.6) is 11.5 Å². The number of hydrogen-bond acceptors (Lipinski definition) is 3. The van der Waals surface area contributed by atoms with E-state index in [1.807, 2.05) is 19.1 Å². The van der Waals surface area contributed by atoms with E-state index in [0.717, 1.165) is 42.9 Å². The Kier molecular flexibility index (Phi) is 5.32. The van der Waals surface area contributed by atoms with Crippen LogP contribution in [0.2, 0.25) is 0 Å². The van der Waals surface area contributed by atoms with Crippen LogP contribution < -0.4 is 9.47 Å². The summed E-state index contributed by atoms with van der Waals surface area (Å²) in [5.74, 6) is 1.68. The standard InChI is InChI=1S/C14H19BrO3/c1-2-17-14-9-11(10-15)3-4-13(14)18-12-5-7-16-8-6-12/h3-4,9,12H,2,5-8,10H2,1H3. The lowest BCUT2D eigenvalue weighted by atomic mass is 10.1. The van der Waals surface area contributed by atoms with Gasteiger partial charge in [-0.25, -0.2) is 0 Å². The number of ether oxygens (including phenoxy) is 3. The molecular weight excluding hydrogens is 296 g/mol. The van der Waals surface area contributed by atoms with Crippen molar-refractivity contribution in [2.45, 2.75) is 31.2 Å².